The Morgan fingerprint density at radius 2 is 2.15 bits per heavy atom. The second kappa shape index (κ2) is 4.81. The zero-order chi connectivity index (χ0) is 14.3. The van der Waals surface area contributed by atoms with E-state index in [1.165, 1.54) is 0 Å². The van der Waals surface area contributed by atoms with Crippen LogP contribution in [0.15, 0.2) is 24.4 Å². The predicted octanol–water partition coefficient (Wildman–Crippen LogP) is 0.970. The Bertz CT molecular complexity index is 652. The van der Waals surface area contributed by atoms with Gasteiger partial charge in [-0.25, -0.2) is 0 Å². The minimum atomic E-state index is -0.986. The van der Waals surface area contributed by atoms with Crippen molar-refractivity contribution in [2.45, 2.75) is 18.6 Å². The summed E-state index contributed by atoms with van der Waals surface area (Å²) in [6, 6.07) is 4.93. The predicted molar refractivity (Wildman–Crippen MR) is 72.5 cm³/mol. The minimum absolute atomic E-state index is 0.129. The number of aromatic amines is 1. The van der Waals surface area contributed by atoms with Gasteiger partial charge in [0.1, 0.15) is 5.75 Å². The third kappa shape index (κ3) is 2.13. The number of aromatic nitrogens is 1. The highest BCUT2D eigenvalue weighted by molar-refractivity contribution is 5.85. The van der Waals surface area contributed by atoms with Gasteiger partial charge in [-0.3, -0.25) is 4.79 Å². The van der Waals surface area contributed by atoms with Gasteiger partial charge in [-0.05, 0) is 30.2 Å². The summed E-state index contributed by atoms with van der Waals surface area (Å²) in [4.78, 5) is 14.1. The molecule has 0 radical (unpaired) electrons. The van der Waals surface area contributed by atoms with E-state index in [-0.39, 0.29) is 18.3 Å². The van der Waals surface area contributed by atoms with Crippen LogP contribution < -0.4 is 5.32 Å². The summed E-state index contributed by atoms with van der Waals surface area (Å²) >= 11 is 0. The van der Waals surface area contributed by atoms with Crippen LogP contribution in [-0.4, -0.2) is 38.9 Å². The summed E-state index contributed by atoms with van der Waals surface area (Å²) < 4.78 is 0. The number of rotatable bonds is 2. The summed E-state index contributed by atoms with van der Waals surface area (Å²) in [5, 5.41) is 32.6. The van der Waals surface area contributed by atoms with Crippen molar-refractivity contribution in [3.63, 3.8) is 0 Å². The third-order valence-corrected chi connectivity index (χ3v) is 3.92. The molecule has 6 heteroatoms. The van der Waals surface area contributed by atoms with E-state index < -0.39 is 18.0 Å². The highest BCUT2D eigenvalue weighted by Gasteiger charge is 2.34. The SMILES string of the molecule is O=C(O)C1CNC(c2c[nH]c3ccc(O)cc23)CC1O. The van der Waals surface area contributed by atoms with Crippen LogP contribution in [0, 0.1) is 5.92 Å². The number of phenols is 1. The second-order valence-electron chi connectivity index (χ2n) is 5.18. The van der Waals surface area contributed by atoms with Gasteiger partial charge in [0.25, 0.3) is 0 Å². The van der Waals surface area contributed by atoms with Gasteiger partial charge in [0.05, 0.1) is 12.0 Å². The lowest BCUT2D eigenvalue weighted by Gasteiger charge is -2.31. The van der Waals surface area contributed by atoms with Crippen LogP contribution in [0.4, 0.5) is 0 Å². The molecule has 0 amide bonds. The first-order valence-corrected chi connectivity index (χ1v) is 6.50. The molecule has 1 aliphatic rings. The molecule has 3 atom stereocenters. The third-order valence-electron chi connectivity index (χ3n) is 3.92. The Kier molecular flexibility index (Phi) is 3.11. The van der Waals surface area contributed by atoms with Crippen molar-refractivity contribution in [2.24, 2.45) is 5.92 Å². The molecule has 106 valence electrons. The van der Waals surface area contributed by atoms with Crippen molar-refractivity contribution in [1.29, 1.82) is 0 Å². The van der Waals surface area contributed by atoms with Crippen LogP contribution in [0.25, 0.3) is 10.9 Å². The summed E-state index contributed by atoms with van der Waals surface area (Å²) in [6.45, 7) is 0.229. The molecule has 0 spiro atoms. The minimum Gasteiger partial charge on any atom is -0.508 e. The second-order valence-corrected chi connectivity index (χ2v) is 5.18. The van der Waals surface area contributed by atoms with Crippen molar-refractivity contribution in [2.75, 3.05) is 6.54 Å². The molecule has 20 heavy (non-hydrogen) atoms. The lowest BCUT2D eigenvalue weighted by atomic mass is 9.88. The summed E-state index contributed by atoms with van der Waals surface area (Å²) in [5.41, 5.74) is 1.83. The molecule has 1 fully saturated rings. The van der Waals surface area contributed by atoms with Crippen molar-refractivity contribution in [3.8, 4) is 5.75 Å². The number of piperidine rings is 1. The molecule has 3 unspecified atom stereocenters. The van der Waals surface area contributed by atoms with E-state index in [4.69, 9.17) is 5.11 Å². The maximum absolute atomic E-state index is 11.0. The summed E-state index contributed by atoms with van der Waals surface area (Å²) in [5.74, 6) is -1.58. The van der Waals surface area contributed by atoms with Gasteiger partial charge in [-0.15, -0.1) is 0 Å². The monoisotopic (exact) mass is 276 g/mol. The topological polar surface area (TPSA) is 106 Å². The van der Waals surface area contributed by atoms with Gasteiger partial charge in [0.15, 0.2) is 0 Å². The first-order chi connectivity index (χ1) is 9.56. The van der Waals surface area contributed by atoms with E-state index in [1.807, 2.05) is 6.20 Å². The van der Waals surface area contributed by atoms with Gasteiger partial charge in [0.2, 0.25) is 0 Å². The largest absolute Gasteiger partial charge is 0.508 e. The number of hydrogen-bond donors (Lipinski definition) is 5. The number of aliphatic carboxylic acids is 1. The van der Waals surface area contributed by atoms with Crippen LogP contribution in [0.5, 0.6) is 5.75 Å². The number of hydrogen-bond acceptors (Lipinski definition) is 4. The molecule has 1 saturated heterocycles. The molecular weight excluding hydrogens is 260 g/mol. The standard InChI is InChI=1S/C14H16N2O4/c17-7-1-2-11-8(3-7)9(5-15-11)12-4-13(18)10(6-16-12)14(19)20/h1-3,5,10,12-13,15-18H,4,6H2,(H,19,20). The van der Waals surface area contributed by atoms with Crippen LogP contribution in [0.3, 0.4) is 0 Å². The number of carboxylic acid groups (broad SMARTS) is 1. The molecule has 5 N–H and O–H groups in total. The normalized spacial score (nSPS) is 26.8. The van der Waals surface area contributed by atoms with Gasteiger partial charge < -0.3 is 25.6 Å². The fourth-order valence-corrected chi connectivity index (χ4v) is 2.80. The zero-order valence-corrected chi connectivity index (χ0v) is 10.7. The first-order valence-electron chi connectivity index (χ1n) is 6.50. The Balaban J connectivity index is 1.89. The van der Waals surface area contributed by atoms with Crippen LogP contribution in [-0.2, 0) is 4.79 Å². The lowest BCUT2D eigenvalue weighted by molar-refractivity contribution is -0.147. The van der Waals surface area contributed by atoms with E-state index in [0.717, 1.165) is 16.5 Å². The molecule has 0 aliphatic carbocycles. The van der Waals surface area contributed by atoms with Crippen molar-refractivity contribution >= 4 is 16.9 Å². The molecule has 1 aromatic heterocycles. The number of aliphatic hydroxyl groups is 1. The fourth-order valence-electron chi connectivity index (χ4n) is 2.80. The van der Waals surface area contributed by atoms with Crippen molar-refractivity contribution in [3.05, 3.63) is 30.0 Å². The smallest absolute Gasteiger partial charge is 0.310 e. The summed E-state index contributed by atoms with van der Waals surface area (Å²) in [6.07, 6.45) is 1.29. The molecule has 2 aromatic rings. The molecule has 1 aliphatic heterocycles. The van der Waals surface area contributed by atoms with Crippen molar-refractivity contribution < 1.29 is 20.1 Å². The number of carbonyl (C=O) groups is 1. The van der Waals surface area contributed by atoms with Crippen molar-refractivity contribution in [1.82, 2.24) is 10.3 Å². The Morgan fingerprint density at radius 1 is 1.35 bits per heavy atom. The molecular formula is C14H16N2O4. The van der Waals surface area contributed by atoms with Gasteiger partial charge in [0, 0.05) is 29.7 Å². The van der Waals surface area contributed by atoms with Gasteiger partial charge >= 0.3 is 5.97 Å². The lowest BCUT2D eigenvalue weighted by Crippen LogP contribution is -2.45. The Hall–Kier alpha value is -2.05. The number of phenolic OH excluding ortho intramolecular Hbond substituents is 1. The number of carboxylic acids is 1. The number of aliphatic hydroxyl groups excluding tert-OH is 1. The van der Waals surface area contributed by atoms with E-state index in [9.17, 15) is 15.0 Å². The molecule has 3 rings (SSSR count). The van der Waals surface area contributed by atoms with E-state index in [1.54, 1.807) is 18.2 Å². The maximum atomic E-state index is 11.0. The molecule has 6 nitrogen and oxygen atoms in total. The van der Waals surface area contributed by atoms with Crippen LogP contribution in [0.1, 0.15) is 18.0 Å². The molecule has 2 heterocycles. The highest BCUT2D eigenvalue weighted by Crippen LogP contribution is 2.32. The Morgan fingerprint density at radius 3 is 2.85 bits per heavy atom. The highest BCUT2D eigenvalue weighted by atomic mass is 16.4. The first kappa shape index (κ1) is 13.0. The number of aromatic hydroxyl groups is 1. The van der Waals surface area contributed by atoms with E-state index in [0.29, 0.717) is 6.42 Å². The fraction of sp³-hybridized carbons (Fsp3) is 0.357. The average molecular weight is 276 g/mol. The number of fused-ring (bicyclic) bond motifs is 1. The van der Waals surface area contributed by atoms with E-state index in [2.05, 4.69) is 10.3 Å². The number of benzene rings is 1. The molecule has 0 bridgehead atoms. The zero-order valence-electron chi connectivity index (χ0n) is 10.7. The molecule has 0 saturated carbocycles. The van der Waals surface area contributed by atoms with E-state index >= 15 is 0 Å². The number of nitrogens with one attached hydrogen (secondary N) is 2. The van der Waals surface area contributed by atoms with Gasteiger partial charge in [-0.1, -0.05) is 0 Å². The van der Waals surface area contributed by atoms with Gasteiger partial charge in [-0.2, -0.15) is 0 Å². The Labute approximate surface area is 115 Å². The maximum Gasteiger partial charge on any atom is 0.310 e. The quantitative estimate of drug-likeness (QED) is 0.562. The number of H-pyrrole nitrogens is 1. The average Bonchev–Trinajstić information content (AvgIpc) is 2.81. The molecule has 1 aromatic carbocycles. The summed E-state index contributed by atoms with van der Waals surface area (Å²) in [7, 11) is 0. The van der Waals surface area contributed by atoms with Crippen LogP contribution in [0.2, 0.25) is 0 Å². The van der Waals surface area contributed by atoms with Crippen LogP contribution >= 0.6 is 0 Å².